The molecule has 1 fully saturated rings. The van der Waals surface area contributed by atoms with E-state index in [0.717, 1.165) is 43.5 Å². The van der Waals surface area contributed by atoms with Crippen LogP contribution in [0.1, 0.15) is 58.9 Å². The normalized spacial score (nSPS) is 15.9. The molecule has 1 aromatic carbocycles. The lowest BCUT2D eigenvalue weighted by Crippen LogP contribution is -2.40. The van der Waals surface area contributed by atoms with Crippen molar-refractivity contribution in [3.05, 3.63) is 23.8 Å². The second-order valence-electron chi connectivity index (χ2n) is 8.86. The smallest absolute Gasteiger partial charge is 0.319 e. The van der Waals surface area contributed by atoms with Crippen molar-refractivity contribution < 1.29 is 14.3 Å². The molecule has 1 aliphatic rings. The van der Waals surface area contributed by atoms with Gasteiger partial charge in [0.2, 0.25) is 5.91 Å². The molecule has 2 N–H and O–H groups in total. The molecule has 0 radical (unpaired) electrons. The Balaban J connectivity index is 2.29. The fraction of sp³-hybridized carbons (Fsp3) is 0.667. The van der Waals surface area contributed by atoms with Crippen LogP contribution in [-0.2, 0) is 16.1 Å². The second kappa shape index (κ2) is 11.9. The highest BCUT2D eigenvalue weighted by atomic mass is 16.5. The van der Waals surface area contributed by atoms with Crippen molar-refractivity contribution in [1.29, 1.82) is 0 Å². The molecule has 31 heavy (non-hydrogen) atoms. The average Bonchev–Trinajstić information content (AvgIpc) is 3.20. The molecular formula is C24H40N4O3. The summed E-state index contributed by atoms with van der Waals surface area (Å²) in [6, 6.07) is 5.68. The Hall–Kier alpha value is -2.28. The van der Waals surface area contributed by atoms with Gasteiger partial charge in [-0.2, -0.15) is 0 Å². The Kier molecular flexibility index (Phi) is 9.62. The summed E-state index contributed by atoms with van der Waals surface area (Å²) in [7, 11) is 3.98. The highest BCUT2D eigenvalue weighted by Crippen LogP contribution is 2.27. The number of ether oxygens (including phenoxy) is 1. The molecule has 174 valence electrons. The molecule has 0 aliphatic carbocycles. The number of hydrogen-bond donors (Lipinski definition) is 2. The lowest BCUT2D eigenvalue weighted by Gasteiger charge is -2.30. The van der Waals surface area contributed by atoms with Crippen LogP contribution >= 0.6 is 0 Å². The number of carbonyl (C=O) groups excluding carboxylic acids is 2. The summed E-state index contributed by atoms with van der Waals surface area (Å²) in [6.45, 7) is 9.85. The number of carbonyl (C=O) groups is 2. The first-order valence-corrected chi connectivity index (χ1v) is 11.5. The molecule has 1 aliphatic heterocycles. The monoisotopic (exact) mass is 432 g/mol. The van der Waals surface area contributed by atoms with Gasteiger partial charge in [-0.1, -0.05) is 13.8 Å². The van der Waals surface area contributed by atoms with Crippen molar-refractivity contribution in [3.8, 4) is 0 Å². The zero-order valence-electron chi connectivity index (χ0n) is 20.0. The van der Waals surface area contributed by atoms with E-state index in [1.165, 1.54) is 0 Å². The van der Waals surface area contributed by atoms with E-state index < -0.39 is 0 Å². The number of anilines is 2. The Morgan fingerprint density at radius 1 is 1.19 bits per heavy atom. The standard InChI is InChI=1S/C24H40N4O3/c1-7-18(8-2)23(29)28(16-21-10-9-13-31-21)15-19-14-20(11-12-22(19)27(5)6)26-24(30)25-17(3)4/h11-12,14,17-18,21H,7-10,13,15-16H2,1-6H3,(H2,25,26,30). The number of nitrogens with zero attached hydrogens (tertiary/aromatic N) is 2. The van der Waals surface area contributed by atoms with E-state index in [2.05, 4.69) is 24.5 Å². The first-order valence-electron chi connectivity index (χ1n) is 11.5. The highest BCUT2D eigenvalue weighted by Gasteiger charge is 2.27. The number of urea groups is 1. The van der Waals surface area contributed by atoms with Crippen LogP contribution in [0.15, 0.2) is 18.2 Å². The third kappa shape index (κ3) is 7.42. The number of benzene rings is 1. The SMILES string of the molecule is CCC(CC)C(=O)N(Cc1cc(NC(=O)NC(C)C)ccc1N(C)C)CC1CCCO1. The molecule has 1 unspecified atom stereocenters. The van der Waals surface area contributed by atoms with Gasteiger partial charge in [0.15, 0.2) is 0 Å². The van der Waals surface area contributed by atoms with E-state index in [4.69, 9.17) is 4.74 Å². The molecule has 0 bridgehead atoms. The molecule has 1 saturated heterocycles. The van der Waals surface area contributed by atoms with Crippen molar-refractivity contribution >= 4 is 23.3 Å². The zero-order valence-corrected chi connectivity index (χ0v) is 20.0. The summed E-state index contributed by atoms with van der Waals surface area (Å²) in [4.78, 5) is 29.5. The minimum Gasteiger partial charge on any atom is -0.377 e. The molecule has 2 rings (SSSR count). The van der Waals surface area contributed by atoms with E-state index >= 15 is 0 Å². The van der Waals surface area contributed by atoms with Crippen molar-refractivity contribution in [3.63, 3.8) is 0 Å². The fourth-order valence-corrected chi connectivity index (χ4v) is 4.02. The quantitative estimate of drug-likeness (QED) is 0.580. The largest absolute Gasteiger partial charge is 0.377 e. The summed E-state index contributed by atoms with van der Waals surface area (Å²) in [5.74, 6) is 0.198. The number of hydrogen-bond acceptors (Lipinski definition) is 4. The van der Waals surface area contributed by atoms with E-state index in [0.29, 0.717) is 18.8 Å². The van der Waals surface area contributed by atoms with Crippen molar-refractivity contribution in [2.45, 2.75) is 72.1 Å². The van der Waals surface area contributed by atoms with Crippen molar-refractivity contribution in [2.24, 2.45) is 5.92 Å². The van der Waals surface area contributed by atoms with Gasteiger partial charge in [-0.05, 0) is 63.3 Å². The van der Waals surface area contributed by atoms with Crippen LogP contribution in [0.25, 0.3) is 0 Å². The predicted octanol–water partition coefficient (Wildman–Crippen LogP) is 4.23. The summed E-state index contributed by atoms with van der Waals surface area (Å²) in [5, 5.41) is 5.75. The topological polar surface area (TPSA) is 73.9 Å². The molecule has 0 spiro atoms. The lowest BCUT2D eigenvalue weighted by molar-refractivity contribution is -0.138. The first-order chi connectivity index (χ1) is 14.7. The van der Waals surface area contributed by atoms with Gasteiger partial charge < -0.3 is 25.2 Å². The van der Waals surface area contributed by atoms with Crippen LogP contribution in [0.4, 0.5) is 16.2 Å². The third-order valence-corrected chi connectivity index (χ3v) is 5.69. The third-order valence-electron chi connectivity index (χ3n) is 5.69. The Bertz CT molecular complexity index is 726. The molecular weight excluding hydrogens is 392 g/mol. The van der Waals surface area contributed by atoms with Gasteiger partial charge in [0.1, 0.15) is 0 Å². The fourth-order valence-electron chi connectivity index (χ4n) is 4.02. The van der Waals surface area contributed by atoms with Crippen molar-refractivity contribution in [2.75, 3.05) is 37.5 Å². The number of amides is 3. The first kappa shape index (κ1) is 25.0. The second-order valence-corrected chi connectivity index (χ2v) is 8.86. The molecule has 7 nitrogen and oxygen atoms in total. The van der Waals surface area contributed by atoms with Crippen LogP contribution < -0.4 is 15.5 Å². The van der Waals surface area contributed by atoms with Gasteiger partial charge in [-0.3, -0.25) is 4.79 Å². The molecule has 3 amide bonds. The van der Waals surface area contributed by atoms with Crippen molar-refractivity contribution in [1.82, 2.24) is 10.2 Å². The molecule has 1 heterocycles. The van der Waals surface area contributed by atoms with Crippen LogP contribution in [-0.4, -0.2) is 56.2 Å². The highest BCUT2D eigenvalue weighted by molar-refractivity contribution is 5.90. The molecule has 0 aromatic heterocycles. The van der Waals surface area contributed by atoms with Crippen LogP contribution in [0, 0.1) is 5.92 Å². The average molecular weight is 433 g/mol. The molecule has 1 aromatic rings. The minimum atomic E-state index is -0.233. The maximum absolute atomic E-state index is 13.3. The molecule has 1 atom stereocenters. The Morgan fingerprint density at radius 3 is 2.45 bits per heavy atom. The van der Waals surface area contributed by atoms with Gasteiger partial charge in [-0.25, -0.2) is 4.79 Å². The number of nitrogens with one attached hydrogen (secondary N) is 2. The maximum atomic E-state index is 13.3. The summed E-state index contributed by atoms with van der Waals surface area (Å²) in [5.41, 5.74) is 2.75. The van der Waals surface area contributed by atoms with Crippen LogP contribution in [0.3, 0.4) is 0 Å². The summed E-state index contributed by atoms with van der Waals surface area (Å²) < 4.78 is 5.84. The van der Waals surface area contributed by atoms with Gasteiger partial charge in [0.05, 0.1) is 6.10 Å². The number of rotatable bonds is 10. The van der Waals surface area contributed by atoms with Crippen LogP contribution in [0.5, 0.6) is 0 Å². The molecule has 0 saturated carbocycles. The van der Waals surface area contributed by atoms with E-state index in [-0.39, 0.29) is 30.0 Å². The maximum Gasteiger partial charge on any atom is 0.319 e. The van der Waals surface area contributed by atoms with E-state index in [1.54, 1.807) is 0 Å². The van der Waals surface area contributed by atoms with Crippen LogP contribution in [0.2, 0.25) is 0 Å². The predicted molar refractivity (Wildman–Crippen MR) is 127 cm³/mol. The zero-order chi connectivity index (χ0) is 23.0. The lowest BCUT2D eigenvalue weighted by atomic mass is 10.0. The molecule has 7 heteroatoms. The van der Waals surface area contributed by atoms with Gasteiger partial charge >= 0.3 is 6.03 Å². The summed E-state index contributed by atoms with van der Waals surface area (Å²) >= 11 is 0. The van der Waals surface area contributed by atoms with E-state index in [1.807, 2.05) is 55.9 Å². The van der Waals surface area contributed by atoms with Gasteiger partial charge in [0, 0.05) is 57.1 Å². The minimum absolute atomic E-state index is 0.0161. The van der Waals surface area contributed by atoms with Gasteiger partial charge in [-0.15, -0.1) is 0 Å². The summed E-state index contributed by atoms with van der Waals surface area (Å²) in [6.07, 6.45) is 3.79. The Labute approximate surface area is 187 Å². The Morgan fingerprint density at radius 2 is 1.90 bits per heavy atom. The van der Waals surface area contributed by atoms with Gasteiger partial charge in [0.25, 0.3) is 0 Å². The van der Waals surface area contributed by atoms with E-state index in [9.17, 15) is 9.59 Å².